The van der Waals surface area contributed by atoms with E-state index in [1.807, 2.05) is 72.8 Å². The molecule has 0 atom stereocenters. The molecule has 0 radical (unpaired) electrons. The summed E-state index contributed by atoms with van der Waals surface area (Å²) in [6, 6.07) is 20.3. The maximum Gasteiger partial charge on any atom is 0.137 e. The van der Waals surface area contributed by atoms with Crippen LogP contribution < -0.4 is 0 Å². The van der Waals surface area contributed by atoms with Crippen molar-refractivity contribution < 1.29 is 0 Å². The molecule has 0 aromatic heterocycles. The van der Waals surface area contributed by atoms with E-state index >= 15 is 0 Å². The summed E-state index contributed by atoms with van der Waals surface area (Å²) in [5.41, 5.74) is 4.81. The highest BCUT2D eigenvalue weighted by Gasteiger charge is 2.18. The lowest BCUT2D eigenvalue weighted by molar-refractivity contribution is 0.425. The standard InChI is InChI=1S/C30H27Br2N3/c1-2-3-4-5-18-35-29(16-10-23-6-12-27(31)13-7-23)19-25(26(21-33)22-34)20-30(35)17-11-24-8-14-28(32)15-9-24/h6-17,19-20H,2-5,18H2,1H3/b16-10+,17-11+. The Morgan fingerprint density at radius 1 is 0.743 bits per heavy atom. The van der Waals surface area contributed by atoms with E-state index in [2.05, 4.69) is 68.0 Å². The molecule has 1 aliphatic rings. The molecule has 35 heavy (non-hydrogen) atoms. The number of nitriles is 2. The number of benzene rings is 2. The van der Waals surface area contributed by atoms with Gasteiger partial charge in [0, 0.05) is 32.5 Å². The minimum Gasteiger partial charge on any atom is -0.341 e. The van der Waals surface area contributed by atoms with Gasteiger partial charge in [0.15, 0.2) is 0 Å². The molecule has 0 fully saturated rings. The SMILES string of the molecule is CCCCCCN1C(/C=C/c2ccc(Br)cc2)=CC(=C(C#N)C#N)C=C1/C=C/c1ccc(Br)cc1. The molecule has 2 aromatic carbocycles. The van der Waals surface area contributed by atoms with Crippen LogP contribution in [0, 0.1) is 22.7 Å². The molecule has 0 aliphatic carbocycles. The third-order valence-electron chi connectivity index (χ3n) is 5.61. The van der Waals surface area contributed by atoms with Gasteiger partial charge in [-0.2, -0.15) is 10.5 Å². The summed E-state index contributed by atoms with van der Waals surface area (Å²) < 4.78 is 2.07. The highest BCUT2D eigenvalue weighted by Crippen LogP contribution is 2.29. The molecule has 176 valence electrons. The van der Waals surface area contributed by atoms with Gasteiger partial charge in [-0.3, -0.25) is 0 Å². The van der Waals surface area contributed by atoms with E-state index in [0.29, 0.717) is 5.57 Å². The van der Waals surface area contributed by atoms with Crippen molar-refractivity contribution in [3.63, 3.8) is 0 Å². The average Bonchev–Trinajstić information content (AvgIpc) is 2.87. The maximum atomic E-state index is 9.54. The second-order valence-corrected chi connectivity index (χ2v) is 10.0. The first-order chi connectivity index (χ1) is 17.0. The van der Waals surface area contributed by atoms with E-state index in [-0.39, 0.29) is 5.57 Å². The van der Waals surface area contributed by atoms with Crippen LogP contribution in [0.15, 0.2) is 104 Å². The summed E-state index contributed by atoms with van der Waals surface area (Å²) in [6.07, 6.45) is 16.7. The third-order valence-corrected chi connectivity index (χ3v) is 6.67. The predicted octanol–water partition coefficient (Wildman–Crippen LogP) is 8.95. The van der Waals surface area contributed by atoms with E-state index < -0.39 is 0 Å². The molecule has 1 aliphatic heterocycles. The van der Waals surface area contributed by atoms with Crippen LogP contribution in [0.25, 0.3) is 12.2 Å². The lowest BCUT2D eigenvalue weighted by Crippen LogP contribution is -2.24. The number of unbranched alkanes of at least 4 members (excludes halogenated alkanes) is 3. The lowest BCUT2D eigenvalue weighted by atomic mass is 10.0. The zero-order chi connectivity index (χ0) is 25.0. The number of rotatable bonds is 9. The summed E-state index contributed by atoms with van der Waals surface area (Å²) >= 11 is 6.97. The predicted molar refractivity (Wildman–Crippen MR) is 152 cm³/mol. The number of nitrogens with zero attached hydrogens (tertiary/aromatic N) is 3. The molecule has 0 saturated heterocycles. The first kappa shape index (κ1) is 26.5. The summed E-state index contributed by atoms with van der Waals surface area (Å²) in [5, 5.41) is 19.1. The van der Waals surface area contributed by atoms with Gasteiger partial charge < -0.3 is 4.90 Å². The molecule has 5 heteroatoms. The molecular weight excluding hydrogens is 562 g/mol. The van der Waals surface area contributed by atoms with Crippen LogP contribution in [0.1, 0.15) is 43.7 Å². The Morgan fingerprint density at radius 3 is 1.66 bits per heavy atom. The van der Waals surface area contributed by atoms with Gasteiger partial charge in [0.25, 0.3) is 0 Å². The Balaban J connectivity index is 2.01. The topological polar surface area (TPSA) is 50.8 Å². The van der Waals surface area contributed by atoms with Gasteiger partial charge in [0.05, 0.1) is 0 Å². The van der Waals surface area contributed by atoms with Crippen LogP contribution in [0.2, 0.25) is 0 Å². The third kappa shape index (κ3) is 7.96. The van der Waals surface area contributed by atoms with Crippen LogP contribution in [0.4, 0.5) is 0 Å². The zero-order valence-electron chi connectivity index (χ0n) is 19.7. The van der Waals surface area contributed by atoms with Crippen molar-refractivity contribution in [1.82, 2.24) is 4.90 Å². The normalized spacial score (nSPS) is 13.5. The molecular formula is C30H27Br2N3. The Hall–Kier alpha value is -3.12. The fraction of sp³-hybridized carbons (Fsp3) is 0.200. The minimum atomic E-state index is 0.111. The number of hydrogen-bond donors (Lipinski definition) is 0. The summed E-state index contributed by atoms with van der Waals surface area (Å²) in [6.45, 7) is 3.07. The van der Waals surface area contributed by atoms with Gasteiger partial charge in [0.1, 0.15) is 17.7 Å². The van der Waals surface area contributed by atoms with E-state index in [1.54, 1.807) is 0 Å². The molecule has 0 bridgehead atoms. The van der Waals surface area contributed by atoms with Crippen molar-refractivity contribution >= 4 is 44.0 Å². The smallest absolute Gasteiger partial charge is 0.137 e. The van der Waals surface area contributed by atoms with Gasteiger partial charge in [-0.05, 0) is 66.1 Å². The molecule has 0 spiro atoms. The fourth-order valence-corrected chi connectivity index (χ4v) is 4.23. The summed E-state index contributed by atoms with van der Waals surface area (Å²) in [4.78, 5) is 2.27. The molecule has 0 saturated carbocycles. The molecule has 0 unspecified atom stereocenters. The number of halogens is 2. The number of allylic oxidation sites excluding steroid dienone is 6. The zero-order valence-corrected chi connectivity index (χ0v) is 22.9. The van der Waals surface area contributed by atoms with Gasteiger partial charge in [-0.1, -0.05) is 94.5 Å². The van der Waals surface area contributed by atoms with Crippen molar-refractivity contribution in [3.8, 4) is 12.1 Å². The van der Waals surface area contributed by atoms with Crippen molar-refractivity contribution in [2.75, 3.05) is 6.54 Å². The van der Waals surface area contributed by atoms with Crippen LogP contribution in [-0.2, 0) is 0 Å². The minimum absolute atomic E-state index is 0.111. The van der Waals surface area contributed by atoms with Crippen LogP contribution in [-0.4, -0.2) is 11.4 Å². The molecule has 3 nitrogen and oxygen atoms in total. The molecule has 0 N–H and O–H groups in total. The number of hydrogen-bond acceptors (Lipinski definition) is 3. The second kappa shape index (κ2) is 13.7. The van der Waals surface area contributed by atoms with Crippen LogP contribution >= 0.6 is 31.9 Å². The van der Waals surface area contributed by atoms with Crippen molar-refractivity contribution in [3.05, 3.63) is 115 Å². The van der Waals surface area contributed by atoms with E-state index in [4.69, 9.17) is 0 Å². The maximum absolute atomic E-state index is 9.54. The molecule has 2 aromatic rings. The van der Waals surface area contributed by atoms with E-state index in [9.17, 15) is 10.5 Å². The Bertz CT molecular complexity index is 1160. The molecule has 1 heterocycles. The van der Waals surface area contributed by atoms with Crippen molar-refractivity contribution in [1.29, 1.82) is 10.5 Å². The van der Waals surface area contributed by atoms with Crippen molar-refractivity contribution in [2.24, 2.45) is 0 Å². The van der Waals surface area contributed by atoms with Gasteiger partial charge in [-0.15, -0.1) is 0 Å². The van der Waals surface area contributed by atoms with E-state index in [0.717, 1.165) is 50.9 Å². The highest BCUT2D eigenvalue weighted by molar-refractivity contribution is 9.10. The van der Waals surface area contributed by atoms with Crippen molar-refractivity contribution in [2.45, 2.75) is 32.6 Å². The van der Waals surface area contributed by atoms with Crippen LogP contribution in [0.3, 0.4) is 0 Å². The Labute approximate surface area is 225 Å². The second-order valence-electron chi connectivity index (χ2n) is 8.17. The quantitative estimate of drug-likeness (QED) is 0.217. The summed E-state index contributed by atoms with van der Waals surface area (Å²) in [7, 11) is 0. The molecule has 0 amide bonds. The fourth-order valence-electron chi connectivity index (χ4n) is 3.71. The lowest BCUT2D eigenvalue weighted by Gasteiger charge is -2.30. The van der Waals surface area contributed by atoms with Gasteiger partial charge >= 0.3 is 0 Å². The molecule has 3 rings (SSSR count). The first-order valence-electron chi connectivity index (χ1n) is 11.7. The Kier molecular flexibility index (Phi) is 10.4. The van der Waals surface area contributed by atoms with Crippen LogP contribution in [0.5, 0.6) is 0 Å². The highest BCUT2D eigenvalue weighted by atomic mass is 79.9. The largest absolute Gasteiger partial charge is 0.341 e. The monoisotopic (exact) mass is 587 g/mol. The first-order valence-corrected chi connectivity index (χ1v) is 13.3. The van der Waals surface area contributed by atoms with Gasteiger partial charge in [-0.25, -0.2) is 0 Å². The summed E-state index contributed by atoms with van der Waals surface area (Å²) in [5.74, 6) is 0. The van der Waals surface area contributed by atoms with E-state index in [1.165, 1.54) is 12.8 Å². The average molecular weight is 589 g/mol. The Morgan fingerprint density at radius 2 is 1.23 bits per heavy atom. The van der Waals surface area contributed by atoms with Gasteiger partial charge in [0.2, 0.25) is 0 Å².